The fraction of sp³-hybridized carbons (Fsp3) is 0.0769. The molecular formula is C13H12N6. The number of fused-ring (bicyclic) bond motifs is 1. The molecular weight excluding hydrogens is 240 g/mol. The van der Waals surface area contributed by atoms with Crippen LogP contribution in [0.25, 0.3) is 10.8 Å². The van der Waals surface area contributed by atoms with Gasteiger partial charge in [0.05, 0.1) is 11.9 Å². The van der Waals surface area contributed by atoms with Crippen molar-refractivity contribution in [3.8, 4) is 0 Å². The highest BCUT2D eigenvalue weighted by Crippen LogP contribution is 2.27. The Morgan fingerprint density at radius 2 is 1.74 bits per heavy atom. The number of nitrogens with two attached hydrogens (primary N) is 2. The summed E-state index contributed by atoms with van der Waals surface area (Å²) in [6.45, 7) is 0. The van der Waals surface area contributed by atoms with Crippen molar-refractivity contribution in [2.45, 2.75) is 5.79 Å². The summed E-state index contributed by atoms with van der Waals surface area (Å²) in [5.41, 5.74) is 12.5. The maximum absolute atomic E-state index is 5.69. The van der Waals surface area contributed by atoms with E-state index in [4.69, 9.17) is 11.5 Å². The van der Waals surface area contributed by atoms with Crippen LogP contribution in [0, 0.1) is 0 Å². The average molecular weight is 252 g/mol. The predicted molar refractivity (Wildman–Crippen MR) is 72.5 cm³/mol. The summed E-state index contributed by atoms with van der Waals surface area (Å²) in [5, 5.41) is 17.7. The van der Waals surface area contributed by atoms with Crippen LogP contribution in [-0.2, 0) is 0 Å². The van der Waals surface area contributed by atoms with Gasteiger partial charge in [-0.2, -0.15) is 5.11 Å². The van der Waals surface area contributed by atoms with Crippen LogP contribution >= 0.6 is 0 Å². The van der Waals surface area contributed by atoms with Crippen LogP contribution in [0.5, 0.6) is 0 Å². The lowest BCUT2D eigenvalue weighted by atomic mass is 10.1. The monoisotopic (exact) mass is 252 g/mol. The standard InChI is InChI=1S/C13H12N6/c14-13(15)12(8-16-19-13)18-17-11-7-3-5-9-4-1-2-6-10(9)11/h1-8H,14-15H2. The van der Waals surface area contributed by atoms with Gasteiger partial charge >= 0.3 is 0 Å². The SMILES string of the molecule is NC1(N)N=NC=C1N=Nc1cccc2ccccc12. The summed E-state index contributed by atoms with van der Waals surface area (Å²) in [6.07, 6.45) is 1.41. The van der Waals surface area contributed by atoms with Crippen molar-refractivity contribution >= 4 is 16.5 Å². The Hall–Kier alpha value is -2.44. The Morgan fingerprint density at radius 3 is 2.53 bits per heavy atom. The third-order valence-corrected chi connectivity index (χ3v) is 2.85. The van der Waals surface area contributed by atoms with E-state index in [1.807, 2.05) is 42.5 Å². The summed E-state index contributed by atoms with van der Waals surface area (Å²) in [6, 6.07) is 13.8. The minimum absolute atomic E-state index is 0.334. The van der Waals surface area contributed by atoms with Gasteiger partial charge < -0.3 is 0 Å². The third kappa shape index (κ3) is 2.14. The normalized spacial score (nSPS) is 17.3. The van der Waals surface area contributed by atoms with Gasteiger partial charge in [0.25, 0.3) is 0 Å². The summed E-state index contributed by atoms with van der Waals surface area (Å²) in [7, 11) is 0. The van der Waals surface area contributed by atoms with Gasteiger partial charge in [-0.3, -0.25) is 11.5 Å². The largest absolute Gasteiger partial charge is 0.288 e. The molecule has 1 aliphatic heterocycles. The van der Waals surface area contributed by atoms with Crippen molar-refractivity contribution in [3.63, 3.8) is 0 Å². The highest BCUT2D eigenvalue weighted by Gasteiger charge is 2.28. The molecule has 0 amide bonds. The molecule has 3 rings (SSSR count). The van der Waals surface area contributed by atoms with E-state index < -0.39 is 5.79 Å². The van der Waals surface area contributed by atoms with Gasteiger partial charge in [-0.05, 0) is 11.5 Å². The lowest BCUT2D eigenvalue weighted by Crippen LogP contribution is -2.47. The Balaban J connectivity index is 1.99. The minimum atomic E-state index is -1.38. The van der Waals surface area contributed by atoms with Gasteiger partial charge in [0.2, 0.25) is 5.79 Å². The van der Waals surface area contributed by atoms with Gasteiger partial charge in [-0.15, -0.1) is 15.3 Å². The van der Waals surface area contributed by atoms with E-state index in [0.717, 1.165) is 16.5 Å². The number of benzene rings is 2. The number of azo groups is 2. The zero-order valence-corrected chi connectivity index (χ0v) is 10.1. The molecule has 0 radical (unpaired) electrons. The van der Waals surface area contributed by atoms with Gasteiger partial charge in [-0.25, -0.2) is 0 Å². The molecule has 94 valence electrons. The lowest BCUT2D eigenvalue weighted by Gasteiger charge is -2.11. The first-order valence-corrected chi connectivity index (χ1v) is 5.77. The molecule has 0 saturated carbocycles. The first-order valence-electron chi connectivity index (χ1n) is 5.77. The summed E-state index contributed by atoms with van der Waals surface area (Å²) in [4.78, 5) is 0. The second-order valence-corrected chi connectivity index (χ2v) is 4.25. The molecule has 0 unspecified atom stereocenters. The van der Waals surface area contributed by atoms with Crippen LogP contribution in [0.2, 0.25) is 0 Å². The van der Waals surface area contributed by atoms with Gasteiger partial charge in [0.1, 0.15) is 5.70 Å². The third-order valence-electron chi connectivity index (χ3n) is 2.85. The molecule has 0 spiro atoms. The molecule has 19 heavy (non-hydrogen) atoms. The van der Waals surface area contributed by atoms with Crippen LogP contribution in [0.4, 0.5) is 5.69 Å². The van der Waals surface area contributed by atoms with Crippen LogP contribution in [0.1, 0.15) is 0 Å². The van der Waals surface area contributed by atoms with Crippen molar-refractivity contribution in [1.29, 1.82) is 0 Å². The molecule has 1 heterocycles. The number of nitrogens with zero attached hydrogens (tertiary/aromatic N) is 4. The molecule has 0 atom stereocenters. The summed E-state index contributed by atoms with van der Waals surface area (Å²) in [5.74, 6) is -1.38. The van der Waals surface area contributed by atoms with Crippen molar-refractivity contribution in [3.05, 3.63) is 54.4 Å². The van der Waals surface area contributed by atoms with Crippen LogP contribution in [0.3, 0.4) is 0 Å². The van der Waals surface area contributed by atoms with E-state index >= 15 is 0 Å². The smallest absolute Gasteiger partial charge is 0.227 e. The highest BCUT2D eigenvalue weighted by molar-refractivity contribution is 5.92. The zero-order valence-electron chi connectivity index (χ0n) is 10.1. The molecule has 0 saturated heterocycles. The Morgan fingerprint density at radius 1 is 0.947 bits per heavy atom. The second kappa shape index (κ2) is 4.34. The van der Waals surface area contributed by atoms with Crippen molar-refractivity contribution in [1.82, 2.24) is 0 Å². The van der Waals surface area contributed by atoms with Crippen molar-refractivity contribution in [2.75, 3.05) is 0 Å². The van der Waals surface area contributed by atoms with Crippen LogP contribution < -0.4 is 11.5 Å². The molecule has 6 heteroatoms. The molecule has 6 nitrogen and oxygen atoms in total. The van der Waals surface area contributed by atoms with E-state index in [2.05, 4.69) is 20.5 Å². The average Bonchev–Trinajstić information content (AvgIpc) is 2.75. The Labute approximate surface area is 109 Å². The number of hydrogen-bond donors (Lipinski definition) is 2. The number of hydrogen-bond acceptors (Lipinski definition) is 6. The predicted octanol–water partition coefficient (Wildman–Crippen LogP) is 2.80. The van der Waals surface area contributed by atoms with E-state index in [-0.39, 0.29) is 0 Å². The quantitative estimate of drug-likeness (QED) is 0.634. The van der Waals surface area contributed by atoms with E-state index in [1.54, 1.807) is 0 Å². The summed E-state index contributed by atoms with van der Waals surface area (Å²) >= 11 is 0. The molecule has 0 bridgehead atoms. The maximum atomic E-state index is 5.69. The molecule has 2 aromatic carbocycles. The highest BCUT2D eigenvalue weighted by atomic mass is 15.4. The fourth-order valence-corrected chi connectivity index (χ4v) is 1.84. The summed E-state index contributed by atoms with van der Waals surface area (Å²) < 4.78 is 0. The molecule has 0 fully saturated rings. The van der Waals surface area contributed by atoms with Crippen molar-refractivity contribution < 1.29 is 0 Å². The first kappa shape index (κ1) is 11.6. The number of rotatable bonds is 2. The van der Waals surface area contributed by atoms with Gasteiger partial charge in [-0.1, -0.05) is 36.4 Å². The van der Waals surface area contributed by atoms with Gasteiger partial charge in [0, 0.05) is 5.39 Å². The topological polar surface area (TPSA) is 101 Å². The fourth-order valence-electron chi connectivity index (χ4n) is 1.84. The molecule has 2 aromatic rings. The second-order valence-electron chi connectivity index (χ2n) is 4.25. The molecule has 0 aromatic heterocycles. The van der Waals surface area contributed by atoms with E-state index in [0.29, 0.717) is 5.70 Å². The molecule has 1 aliphatic rings. The van der Waals surface area contributed by atoms with E-state index in [1.165, 1.54) is 6.20 Å². The maximum Gasteiger partial charge on any atom is 0.227 e. The Kier molecular flexibility index (Phi) is 2.66. The van der Waals surface area contributed by atoms with Crippen molar-refractivity contribution in [2.24, 2.45) is 31.9 Å². The van der Waals surface area contributed by atoms with E-state index in [9.17, 15) is 0 Å². The van der Waals surface area contributed by atoms with Crippen LogP contribution in [0.15, 0.2) is 74.8 Å². The van der Waals surface area contributed by atoms with Gasteiger partial charge in [0.15, 0.2) is 0 Å². The van der Waals surface area contributed by atoms with Crippen LogP contribution in [-0.4, -0.2) is 5.79 Å². The first-order chi connectivity index (χ1) is 9.17. The Bertz CT molecular complexity index is 709. The minimum Gasteiger partial charge on any atom is -0.288 e. The lowest BCUT2D eigenvalue weighted by molar-refractivity contribution is 0.534. The molecule has 0 aliphatic carbocycles. The zero-order chi connectivity index (χ0) is 13.3. The molecule has 4 N–H and O–H groups in total.